The number of aliphatic hydroxyl groups excluding tert-OH is 1. The van der Waals surface area contributed by atoms with Crippen LogP contribution in [0.3, 0.4) is 0 Å². The SMILES string of the molecule is CC(C)OS(O)(O)N1CCNC(C=O)C1.CO. The van der Waals surface area contributed by atoms with Gasteiger partial charge in [0.15, 0.2) is 11.1 Å². The first kappa shape index (κ1) is 16.8. The Morgan fingerprint density at radius 2 is 2.06 bits per heavy atom. The zero-order valence-electron chi connectivity index (χ0n) is 10.4. The molecule has 1 fully saturated rings. The average Bonchev–Trinajstić information content (AvgIpc) is 2.30. The zero-order valence-corrected chi connectivity index (χ0v) is 11.2. The predicted molar refractivity (Wildman–Crippen MR) is 66.6 cm³/mol. The second kappa shape index (κ2) is 7.98. The molecular formula is C9H22N2O5S. The fraction of sp³-hybridized carbons (Fsp3) is 0.889. The van der Waals surface area contributed by atoms with Crippen molar-refractivity contribution < 1.29 is 23.2 Å². The predicted octanol–water partition coefficient (Wildman–Crippen LogP) is 0.0732. The Hall–Kier alpha value is -0.220. The number of carbonyl (C=O) groups is 1. The second-order valence-electron chi connectivity index (χ2n) is 3.70. The molecule has 104 valence electrons. The van der Waals surface area contributed by atoms with Crippen LogP contribution in [0.4, 0.5) is 0 Å². The van der Waals surface area contributed by atoms with E-state index in [9.17, 15) is 13.9 Å². The summed E-state index contributed by atoms with van der Waals surface area (Å²) >= 11 is -3.19. The fourth-order valence-corrected chi connectivity index (χ4v) is 2.70. The van der Waals surface area contributed by atoms with Gasteiger partial charge in [-0.25, -0.2) is 4.31 Å². The highest BCUT2D eigenvalue weighted by atomic mass is 32.3. The molecule has 0 amide bonds. The molecule has 1 aliphatic heterocycles. The van der Waals surface area contributed by atoms with Crippen LogP contribution in [0.1, 0.15) is 13.8 Å². The first-order valence-electron chi connectivity index (χ1n) is 5.30. The Bertz CT molecular complexity index is 227. The topological polar surface area (TPSA) is 102 Å². The van der Waals surface area contributed by atoms with Gasteiger partial charge in [0.2, 0.25) is 0 Å². The summed E-state index contributed by atoms with van der Waals surface area (Å²) in [5.74, 6) is 0. The van der Waals surface area contributed by atoms with Gasteiger partial charge >= 0.3 is 0 Å². The molecule has 1 heterocycles. The Morgan fingerprint density at radius 1 is 1.47 bits per heavy atom. The summed E-state index contributed by atoms with van der Waals surface area (Å²) in [5, 5.41) is 9.95. The van der Waals surface area contributed by atoms with Crippen molar-refractivity contribution in [3.05, 3.63) is 0 Å². The third-order valence-corrected chi connectivity index (χ3v) is 3.64. The lowest BCUT2D eigenvalue weighted by molar-refractivity contribution is -0.110. The number of hydrogen-bond donors (Lipinski definition) is 4. The van der Waals surface area contributed by atoms with Gasteiger partial charge in [-0.3, -0.25) is 13.3 Å². The first-order chi connectivity index (χ1) is 7.95. The molecule has 0 bridgehead atoms. The molecule has 1 saturated heterocycles. The van der Waals surface area contributed by atoms with Crippen LogP contribution < -0.4 is 5.32 Å². The third-order valence-electron chi connectivity index (χ3n) is 1.99. The molecule has 0 radical (unpaired) electrons. The van der Waals surface area contributed by atoms with Crippen molar-refractivity contribution in [2.75, 3.05) is 26.7 Å². The largest absolute Gasteiger partial charge is 0.400 e. The standard InChI is InChI=1S/C8H18N2O4S.CH4O/c1-7(2)14-15(12,13)10-4-3-9-8(5-10)6-11;1-2/h6-9,12-13H,3-5H2,1-2H3;2H,1H3. The summed E-state index contributed by atoms with van der Waals surface area (Å²) < 4.78 is 25.9. The quantitative estimate of drug-likeness (QED) is 0.536. The number of nitrogens with zero attached hydrogens (tertiary/aromatic N) is 1. The minimum Gasteiger partial charge on any atom is -0.400 e. The average molecular weight is 270 g/mol. The molecule has 0 saturated carbocycles. The Kier molecular flexibility index (Phi) is 7.88. The molecule has 17 heavy (non-hydrogen) atoms. The van der Waals surface area contributed by atoms with Gasteiger partial charge in [-0.2, -0.15) is 0 Å². The monoisotopic (exact) mass is 270 g/mol. The summed E-state index contributed by atoms with van der Waals surface area (Å²) in [6.07, 6.45) is 0.497. The molecule has 7 nitrogen and oxygen atoms in total. The van der Waals surface area contributed by atoms with Gasteiger partial charge in [-0.15, -0.1) is 0 Å². The molecule has 0 spiro atoms. The number of piperazine rings is 1. The minimum absolute atomic E-state index is 0.262. The third kappa shape index (κ3) is 5.77. The summed E-state index contributed by atoms with van der Waals surface area (Å²) in [7, 11) is 1.00. The lowest BCUT2D eigenvalue weighted by Crippen LogP contribution is -2.52. The molecule has 0 aromatic carbocycles. The van der Waals surface area contributed by atoms with E-state index in [-0.39, 0.29) is 18.7 Å². The van der Waals surface area contributed by atoms with E-state index in [0.717, 1.165) is 13.4 Å². The lowest BCUT2D eigenvalue weighted by atomic mass is 10.3. The lowest BCUT2D eigenvalue weighted by Gasteiger charge is -2.42. The van der Waals surface area contributed by atoms with Gasteiger partial charge in [0, 0.05) is 26.7 Å². The number of aliphatic hydroxyl groups is 1. The maximum absolute atomic E-state index is 10.6. The van der Waals surface area contributed by atoms with Crippen LogP contribution >= 0.6 is 11.1 Å². The van der Waals surface area contributed by atoms with Gasteiger partial charge in [-0.1, -0.05) is 0 Å². The van der Waals surface area contributed by atoms with Crippen molar-refractivity contribution in [1.29, 1.82) is 0 Å². The highest BCUT2D eigenvalue weighted by molar-refractivity contribution is 8.18. The Morgan fingerprint density at radius 3 is 2.53 bits per heavy atom. The number of hydrogen-bond acceptors (Lipinski definition) is 7. The summed E-state index contributed by atoms with van der Waals surface area (Å²) in [5.41, 5.74) is 0. The van der Waals surface area contributed by atoms with Crippen LogP contribution in [0.5, 0.6) is 0 Å². The van der Waals surface area contributed by atoms with Gasteiger partial charge in [-0.05, 0) is 13.8 Å². The smallest absolute Gasteiger partial charge is 0.158 e. The summed E-state index contributed by atoms with van der Waals surface area (Å²) in [6, 6.07) is -0.360. The molecule has 0 aliphatic carbocycles. The van der Waals surface area contributed by atoms with Crippen molar-refractivity contribution in [2.24, 2.45) is 0 Å². The summed E-state index contributed by atoms with van der Waals surface area (Å²) in [4.78, 5) is 10.6. The maximum Gasteiger partial charge on any atom is 0.158 e. The maximum atomic E-state index is 10.6. The van der Waals surface area contributed by atoms with Gasteiger partial charge in [0.05, 0.1) is 12.1 Å². The van der Waals surface area contributed by atoms with Crippen LogP contribution in [-0.2, 0) is 8.98 Å². The number of aldehydes is 1. The van der Waals surface area contributed by atoms with Crippen molar-refractivity contribution in [2.45, 2.75) is 26.0 Å². The van der Waals surface area contributed by atoms with E-state index in [1.165, 1.54) is 4.31 Å². The number of rotatable bonds is 4. The van der Waals surface area contributed by atoms with Crippen LogP contribution in [0.15, 0.2) is 0 Å². The summed E-state index contributed by atoms with van der Waals surface area (Å²) in [6.45, 7) is 4.72. The highest BCUT2D eigenvalue weighted by Gasteiger charge is 2.33. The van der Waals surface area contributed by atoms with Gasteiger partial charge in [0.1, 0.15) is 6.29 Å². The van der Waals surface area contributed by atoms with E-state index >= 15 is 0 Å². The van der Waals surface area contributed by atoms with Crippen LogP contribution in [-0.4, -0.2) is 63.7 Å². The van der Waals surface area contributed by atoms with Crippen LogP contribution in [0.25, 0.3) is 0 Å². The van der Waals surface area contributed by atoms with Gasteiger partial charge < -0.3 is 15.2 Å². The zero-order chi connectivity index (χ0) is 13.5. The molecule has 4 N–H and O–H groups in total. The Balaban J connectivity index is 0.00000121. The molecule has 1 rings (SSSR count). The molecule has 1 aliphatic rings. The van der Waals surface area contributed by atoms with E-state index in [4.69, 9.17) is 9.29 Å². The number of carbonyl (C=O) groups excluding carboxylic acids is 1. The van der Waals surface area contributed by atoms with E-state index in [0.29, 0.717) is 13.1 Å². The van der Waals surface area contributed by atoms with Gasteiger partial charge in [0.25, 0.3) is 0 Å². The Labute approximate surface area is 103 Å². The first-order valence-corrected chi connectivity index (χ1v) is 6.73. The molecule has 1 unspecified atom stereocenters. The van der Waals surface area contributed by atoms with E-state index in [1.54, 1.807) is 13.8 Å². The molecular weight excluding hydrogens is 248 g/mol. The molecule has 0 aromatic rings. The van der Waals surface area contributed by atoms with Crippen molar-refractivity contribution in [3.8, 4) is 0 Å². The van der Waals surface area contributed by atoms with E-state index < -0.39 is 11.1 Å². The van der Waals surface area contributed by atoms with Crippen LogP contribution in [0, 0.1) is 0 Å². The van der Waals surface area contributed by atoms with Crippen molar-refractivity contribution in [3.63, 3.8) is 0 Å². The molecule has 1 atom stereocenters. The van der Waals surface area contributed by atoms with E-state index in [2.05, 4.69) is 5.32 Å². The van der Waals surface area contributed by atoms with Crippen molar-refractivity contribution in [1.82, 2.24) is 9.62 Å². The van der Waals surface area contributed by atoms with Crippen molar-refractivity contribution >= 4 is 17.3 Å². The minimum atomic E-state index is -3.19. The normalized spacial score (nSPS) is 22.9. The fourth-order valence-electron chi connectivity index (χ4n) is 1.38. The molecule has 0 aromatic heterocycles. The number of nitrogens with one attached hydrogen (secondary N) is 1. The van der Waals surface area contributed by atoms with E-state index in [1.807, 2.05) is 0 Å². The molecule has 8 heteroatoms. The van der Waals surface area contributed by atoms with Crippen LogP contribution in [0.2, 0.25) is 0 Å². The second-order valence-corrected chi connectivity index (χ2v) is 5.34. The highest BCUT2D eigenvalue weighted by Crippen LogP contribution is 2.45.